The summed E-state index contributed by atoms with van der Waals surface area (Å²) in [5.74, 6) is 5.15. The summed E-state index contributed by atoms with van der Waals surface area (Å²) in [4.78, 5) is 0. The van der Waals surface area contributed by atoms with Crippen LogP contribution in [-0.4, -0.2) is 0 Å². The first-order valence-electron chi connectivity index (χ1n) is 11.0. The molecule has 4 aliphatic rings. The van der Waals surface area contributed by atoms with E-state index in [2.05, 4.69) is 19.9 Å². The fraction of sp³-hybridized carbons (Fsp3) is 0.913. The lowest BCUT2D eigenvalue weighted by molar-refractivity contribution is -0.111. The summed E-state index contributed by atoms with van der Waals surface area (Å²) in [5, 5.41) is 0. The summed E-state index contributed by atoms with van der Waals surface area (Å²) >= 11 is 0. The van der Waals surface area contributed by atoms with E-state index in [0.29, 0.717) is 10.8 Å². The molecule has 4 aliphatic carbocycles. The van der Waals surface area contributed by atoms with Crippen molar-refractivity contribution in [3.05, 3.63) is 12.3 Å². The third kappa shape index (κ3) is 2.48. The third-order valence-corrected chi connectivity index (χ3v) is 9.60. The number of hydrogen-bond donors (Lipinski definition) is 1. The Kier molecular flexibility index (Phi) is 4.50. The molecule has 0 amide bonds. The fourth-order valence-electron chi connectivity index (χ4n) is 8.27. The van der Waals surface area contributed by atoms with E-state index in [1.54, 1.807) is 19.0 Å². The fourth-order valence-corrected chi connectivity index (χ4v) is 8.27. The van der Waals surface area contributed by atoms with Crippen molar-refractivity contribution in [3.8, 4) is 0 Å². The second kappa shape index (κ2) is 6.36. The Labute approximate surface area is 149 Å². The van der Waals surface area contributed by atoms with E-state index < -0.39 is 0 Å². The number of allylic oxidation sites excluding steroid dienone is 1. The van der Waals surface area contributed by atoms with Crippen LogP contribution in [0.4, 0.5) is 0 Å². The van der Waals surface area contributed by atoms with E-state index in [1.165, 1.54) is 64.2 Å². The van der Waals surface area contributed by atoms with Gasteiger partial charge in [0.05, 0.1) is 0 Å². The molecule has 2 N–H and O–H groups in total. The molecule has 24 heavy (non-hydrogen) atoms. The van der Waals surface area contributed by atoms with E-state index in [1.807, 2.05) is 0 Å². The maximum atomic E-state index is 5.56. The van der Waals surface area contributed by atoms with Crippen molar-refractivity contribution in [2.75, 3.05) is 0 Å². The van der Waals surface area contributed by atoms with E-state index in [-0.39, 0.29) is 0 Å². The summed E-state index contributed by atoms with van der Waals surface area (Å²) in [6.07, 6.45) is 21.7. The Balaban J connectivity index is 1.53. The molecule has 4 saturated carbocycles. The summed E-state index contributed by atoms with van der Waals surface area (Å²) in [6, 6.07) is 0. The Bertz CT molecular complexity index is 482. The van der Waals surface area contributed by atoms with Crippen LogP contribution in [0.15, 0.2) is 12.3 Å². The molecule has 4 rings (SSSR count). The van der Waals surface area contributed by atoms with Gasteiger partial charge < -0.3 is 5.73 Å². The number of nitrogens with two attached hydrogens (primary N) is 1. The van der Waals surface area contributed by atoms with Crippen molar-refractivity contribution in [2.45, 2.75) is 90.9 Å². The van der Waals surface area contributed by atoms with Gasteiger partial charge in [-0.05, 0) is 111 Å². The standard InChI is InChI=1S/C23H39N/c1-22-14-5-3-7-17(22)9-11-19-20-12-10-18(8-4-6-16-24)23(20,2)15-13-21(19)22/h6,16-21H,3-5,7-15,24H2,1-2H3/b16-6+. The van der Waals surface area contributed by atoms with Crippen LogP contribution in [0.25, 0.3) is 0 Å². The Morgan fingerprint density at radius 2 is 1.71 bits per heavy atom. The van der Waals surface area contributed by atoms with Gasteiger partial charge in [0.1, 0.15) is 0 Å². The molecule has 0 radical (unpaired) electrons. The summed E-state index contributed by atoms with van der Waals surface area (Å²) in [6.45, 7) is 5.38. The van der Waals surface area contributed by atoms with Crippen LogP contribution < -0.4 is 5.73 Å². The zero-order valence-electron chi connectivity index (χ0n) is 16.1. The molecule has 0 aromatic carbocycles. The predicted molar refractivity (Wildman–Crippen MR) is 102 cm³/mol. The molecule has 7 unspecified atom stereocenters. The second-order valence-corrected chi connectivity index (χ2v) is 10.2. The topological polar surface area (TPSA) is 26.0 Å². The van der Waals surface area contributed by atoms with Gasteiger partial charge in [-0.3, -0.25) is 0 Å². The van der Waals surface area contributed by atoms with Gasteiger partial charge >= 0.3 is 0 Å². The van der Waals surface area contributed by atoms with Gasteiger partial charge in [-0.1, -0.05) is 32.8 Å². The van der Waals surface area contributed by atoms with Crippen molar-refractivity contribution < 1.29 is 0 Å². The highest BCUT2D eigenvalue weighted by Crippen LogP contribution is 2.67. The lowest BCUT2D eigenvalue weighted by Gasteiger charge is -2.60. The summed E-state index contributed by atoms with van der Waals surface area (Å²) in [7, 11) is 0. The van der Waals surface area contributed by atoms with E-state index >= 15 is 0 Å². The van der Waals surface area contributed by atoms with Crippen LogP contribution in [0.5, 0.6) is 0 Å². The molecule has 1 heteroatoms. The number of hydrogen-bond acceptors (Lipinski definition) is 1. The van der Waals surface area contributed by atoms with Gasteiger partial charge in [0.2, 0.25) is 0 Å². The Morgan fingerprint density at radius 1 is 0.875 bits per heavy atom. The van der Waals surface area contributed by atoms with Crippen LogP contribution >= 0.6 is 0 Å². The predicted octanol–water partition coefficient (Wildman–Crippen LogP) is 6.29. The maximum Gasteiger partial charge on any atom is -0.0103 e. The molecule has 136 valence electrons. The molecule has 7 atom stereocenters. The van der Waals surface area contributed by atoms with E-state index in [9.17, 15) is 0 Å². The quantitative estimate of drug-likeness (QED) is 0.647. The smallest absolute Gasteiger partial charge is 0.0103 e. The highest BCUT2D eigenvalue weighted by Gasteiger charge is 2.59. The Hall–Kier alpha value is -0.460. The van der Waals surface area contributed by atoms with Crippen molar-refractivity contribution in [2.24, 2.45) is 46.2 Å². The normalized spacial score (nSPS) is 51.2. The number of fused-ring (bicyclic) bond motifs is 5. The molecule has 4 fully saturated rings. The van der Waals surface area contributed by atoms with Gasteiger partial charge in [0.25, 0.3) is 0 Å². The molecular weight excluding hydrogens is 290 g/mol. The van der Waals surface area contributed by atoms with Crippen molar-refractivity contribution in [3.63, 3.8) is 0 Å². The highest BCUT2D eigenvalue weighted by molar-refractivity contribution is 5.08. The van der Waals surface area contributed by atoms with Gasteiger partial charge in [0, 0.05) is 0 Å². The summed E-state index contributed by atoms with van der Waals surface area (Å²) in [5.41, 5.74) is 6.90. The Morgan fingerprint density at radius 3 is 2.54 bits per heavy atom. The minimum atomic E-state index is 0.640. The van der Waals surface area contributed by atoms with Crippen LogP contribution in [0, 0.1) is 40.4 Å². The monoisotopic (exact) mass is 329 g/mol. The van der Waals surface area contributed by atoms with Gasteiger partial charge in [-0.25, -0.2) is 0 Å². The SMILES string of the molecule is CC12CCCCC1CCC1C2CCC2(C)C(CC/C=C/N)CCC12. The van der Waals surface area contributed by atoms with Gasteiger partial charge in [-0.2, -0.15) is 0 Å². The molecule has 0 heterocycles. The van der Waals surface area contributed by atoms with Crippen LogP contribution in [0.3, 0.4) is 0 Å². The largest absolute Gasteiger partial charge is 0.405 e. The lowest BCUT2D eigenvalue weighted by Crippen LogP contribution is -2.52. The average Bonchev–Trinajstić information content (AvgIpc) is 2.91. The minimum absolute atomic E-state index is 0.640. The first kappa shape index (κ1) is 17.0. The van der Waals surface area contributed by atoms with Crippen molar-refractivity contribution in [1.82, 2.24) is 0 Å². The van der Waals surface area contributed by atoms with Crippen molar-refractivity contribution in [1.29, 1.82) is 0 Å². The zero-order chi connectivity index (χ0) is 16.8. The van der Waals surface area contributed by atoms with Crippen LogP contribution in [0.1, 0.15) is 90.9 Å². The molecule has 0 saturated heterocycles. The molecule has 1 nitrogen and oxygen atoms in total. The minimum Gasteiger partial charge on any atom is -0.405 e. The van der Waals surface area contributed by atoms with Crippen LogP contribution in [-0.2, 0) is 0 Å². The maximum absolute atomic E-state index is 5.56. The molecule has 0 aliphatic heterocycles. The van der Waals surface area contributed by atoms with Crippen LogP contribution in [0.2, 0.25) is 0 Å². The van der Waals surface area contributed by atoms with E-state index in [0.717, 1.165) is 29.6 Å². The second-order valence-electron chi connectivity index (χ2n) is 10.2. The van der Waals surface area contributed by atoms with Gasteiger partial charge in [-0.15, -0.1) is 0 Å². The molecule has 0 aromatic rings. The molecule has 0 bridgehead atoms. The summed E-state index contributed by atoms with van der Waals surface area (Å²) < 4.78 is 0. The first-order chi connectivity index (χ1) is 11.6. The molecule has 0 spiro atoms. The van der Waals surface area contributed by atoms with Gasteiger partial charge in [0.15, 0.2) is 0 Å². The number of rotatable bonds is 3. The first-order valence-corrected chi connectivity index (χ1v) is 11.0. The average molecular weight is 330 g/mol. The third-order valence-electron chi connectivity index (χ3n) is 9.60. The lowest BCUT2D eigenvalue weighted by atomic mass is 9.45. The zero-order valence-corrected chi connectivity index (χ0v) is 16.1. The molecule has 0 aromatic heterocycles. The van der Waals surface area contributed by atoms with Crippen molar-refractivity contribution >= 4 is 0 Å². The van der Waals surface area contributed by atoms with E-state index in [4.69, 9.17) is 5.73 Å². The highest BCUT2D eigenvalue weighted by atomic mass is 14.6. The molecular formula is C23H39N.